The van der Waals surface area contributed by atoms with E-state index in [0.717, 1.165) is 29.7 Å². The Kier molecular flexibility index (Phi) is 4.14. The van der Waals surface area contributed by atoms with Gasteiger partial charge in [0.2, 0.25) is 0 Å². The number of rotatable bonds is 3. The van der Waals surface area contributed by atoms with Gasteiger partial charge in [0.1, 0.15) is 5.75 Å². The zero-order chi connectivity index (χ0) is 18.4. The quantitative estimate of drug-likeness (QED) is 0.814. The van der Waals surface area contributed by atoms with Gasteiger partial charge in [-0.2, -0.15) is 0 Å². The van der Waals surface area contributed by atoms with Crippen molar-refractivity contribution in [2.75, 3.05) is 7.11 Å². The zero-order valence-corrected chi connectivity index (χ0v) is 15.6. The van der Waals surface area contributed by atoms with Crippen LogP contribution in [0.15, 0.2) is 36.4 Å². The van der Waals surface area contributed by atoms with E-state index < -0.39 is 5.97 Å². The molecular weight excluding hydrogens is 312 g/mol. The van der Waals surface area contributed by atoms with Gasteiger partial charge >= 0.3 is 5.97 Å². The van der Waals surface area contributed by atoms with E-state index in [2.05, 4.69) is 33.8 Å². The highest BCUT2D eigenvalue weighted by Crippen LogP contribution is 2.51. The number of hydrogen-bond donors (Lipinski definition) is 1. The van der Waals surface area contributed by atoms with Gasteiger partial charge in [-0.15, -0.1) is 0 Å². The lowest BCUT2D eigenvalue weighted by atomic mass is 9.61. The van der Waals surface area contributed by atoms with Crippen LogP contribution in [0.3, 0.4) is 0 Å². The average Bonchev–Trinajstić information content (AvgIpc) is 2.58. The van der Waals surface area contributed by atoms with Gasteiger partial charge in [-0.25, -0.2) is 4.79 Å². The molecule has 0 atom stereocenters. The summed E-state index contributed by atoms with van der Waals surface area (Å²) in [6.45, 7) is 9.17. The molecule has 0 radical (unpaired) electrons. The van der Waals surface area contributed by atoms with E-state index >= 15 is 0 Å². The van der Waals surface area contributed by atoms with E-state index in [-0.39, 0.29) is 10.8 Å². The molecule has 0 aliphatic heterocycles. The largest absolute Gasteiger partial charge is 0.496 e. The molecule has 1 aliphatic rings. The Labute approximate surface area is 149 Å². The molecule has 0 unspecified atom stereocenters. The maximum absolute atomic E-state index is 11.2. The molecule has 0 amide bonds. The Balaban J connectivity index is 2.30. The Morgan fingerprint density at radius 2 is 1.56 bits per heavy atom. The number of methoxy groups -OCH3 is 1. The molecule has 0 fully saturated rings. The van der Waals surface area contributed by atoms with Gasteiger partial charge in [0.15, 0.2) is 0 Å². The van der Waals surface area contributed by atoms with Crippen molar-refractivity contribution in [1.29, 1.82) is 0 Å². The number of ether oxygens (including phenoxy) is 1. The van der Waals surface area contributed by atoms with Crippen molar-refractivity contribution in [3.8, 4) is 16.9 Å². The molecule has 2 aromatic rings. The van der Waals surface area contributed by atoms with E-state index in [9.17, 15) is 4.79 Å². The first-order valence-corrected chi connectivity index (χ1v) is 8.73. The van der Waals surface area contributed by atoms with Gasteiger partial charge in [0.25, 0.3) is 0 Å². The number of carboxylic acids is 1. The summed E-state index contributed by atoms with van der Waals surface area (Å²) in [5.41, 5.74) is 5.24. The molecule has 3 heteroatoms. The highest BCUT2D eigenvalue weighted by atomic mass is 16.5. The molecule has 1 aliphatic carbocycles. The Hall–Kier alpha value is -2.29. The first kappa shape index (κ1) is 17.5. The Morgan fingerprint density at radius 3 is 2.12 bits per heavy atom. The standard InChI is InChI=1S/C22H26O3/c1-21(2)12-13-22(3,4)19-16(21)10-11-17(25-5)18(19)14-6-8-15(9-7-14)20(23)24/h6-11H,12-13H2,1-5H3,(H,23,24). The average molecular weight is 338 g/mol. The maximum Gasteiger partial charge on any atom is 0.335 e. The van der Waals surface area contributed by atoms with Crippen molar-refractivity contribution in [2.45, 2.75) is 51.4 Å². The molecule has 1 N–H and O–H groups in total. The molecular formula is C22H26O3. The SMILES string of the molecule is COc1ccc2c(c1-c1ccc(C(=O)O)cc1)C(C)(C)CCC2(C)C. The smallest absolute Gasteiger partial charge is 0.335 e. The summed E-state index contributed by atoms with van der Waals surface area (Å²) in [6.07, 6.45) is 2.26. The topological polar surface area (TPSA) is 46.5 Å². The summed E-state index contributed by atoms with van der Waals surface area (Å²) in [4.78, 5) is 11.2. The van der Waals surface area contributed by atoms with Crippen LogP contribution < -0.4 is 4.74 Å². The summed E-state index contributed by atoms with van der Waals surface area (Å²) >= 11 is 0. The molecule has 0 saturated carbocycles. The van der Waals surface area contributed by atoms with Crippen LogP contribution in [0.1, 0.15) is 62.0 Å². The van der Waals surface area contributed by atoms with E-state index in [1.807, 2.05) is 18.2 Å². The van der Waals surface area contributed by atoms with E-state index in [1.54, 1.807) is 19.2 Å². The normalized spacial score (nSPS) is 17.6. The lowest BCUT2D eigenvalue weighted by Gasteiger charge is -2.43. The summed E-state index contributed by atoms with van der Waals surface area (Å²) in [6, 6.07) is 11.3. The number of aromatic carboxylic acids is 1. The van der Waals surface area contributed by atoms with Crippen LogP contribution in [0.25, 0.3) is 11.1 Å². The molecule has 132 valence electrons. The second-order valence-corrected chi connectivity index (χ2v) is 8.22. The van der Waals surface area contributed by atoms with Gasteiger partial charge in [-0.1, -0.05) is 45.9 Å². The highest BCUT2D eigenvalue weighted by Gasteiger charge is 2.39. The van der Waals surface area contributed by atoms with Crippen LogP contribution in [0, 0.1) is 0 Å². The molecule has 2 aromatic carbocycles. The van der Waals surface area contributed by atoms with E-state index in [1.165, 1.54) is 11.1 Å². The summed E-state index contributed by atoms with van der Waals surface area (Å²) in [5.74, 6) is -0.0670. The van der Waals surface area contributed by atoms with Gasteiger partial charge in [0.05, 0.1) is 12.7 Å². The fraction of sp³-hybridized carbons (Fsp3) is 0.409. The molecule has 3 nitrogen and oxygen atoms in total. The second-order valence-electron chi connectivity index (χ2n) is 8.22. The fourth-order valence-corrected chi connectivity index (χ4v) is 3.97. The minimum absolute atomic E-state index is 0.0419. The third-order valence-electron chi connectivity index (χ3n) is 5.59. The van der Waals surface area contributed by atoms with E-state index in [4.69, 9.17) is 9.84 Å². The molecule has 0 saturated heterocycles. The Bertz CT molecular complexity index is 814. The fourth-order valence-electron chi connectivity index (χ4n) is 3.97. The van der Waals surface area contributed by atoms with Gasteiger partial charge in [-0.05, 0) is 58.6 Å². The van der Waals surface area contributed by atoms with Crippen LogP contribution in [0.5, 0.6) is 5.75 Å². The molecule has 0 bridgehead atoms. The van der Waals surface area contributed by atoms with Crippen molar-refractivity contribution in [2.24, 2.45) is 0 Å². The summed E-state index contributed by atoms with van der Waals surface area (Å²) in [5, 5.41) is 9.17. The predicted molar refractivity (Wildman–Crippen MR) is 101 cm³/mol. The molecule has 0 aromatic heterocycles. The lowest BCUT2D eigenvalue weighted by Crippen LogP contribution is -2.34. The number of carbonyl (C=O) groups is 1. The number of hydrogen-bond acceptors (Lipinski definition) is 2. The van der Waals surface area contributed by atoms with Crippen molar-refractivity contribution in [3.63, 3.8) is 0 Å². The van der Waals surface area contributed by atoms with Gasteiger partial charge in [0, 0.05) is 5.56 Å². The number of carboxylic acid groups (broad SMARTS) is 1. The van der Waals surface area contributed by atoms with Crippen LogP contribution in [0.2, 0.25) is 0 Å². The van der Waals surface area contributed by atoms with Crippen LogP contribution in [0.4, 0.5) is 0 Å². The highest BCUT2D eigenvalue weighted by molar-refractivity contribution is 5.89. The van der Waals surface area contributed by atoms with Crippen molar-refractivity contribution in [1.82, 2.24) is 0 Å². The predicted octanol–water partition coefficient (Wildman–Crippen LogP) is 5.41. The van der Waals surface area contributed by atoms with Crippen LogP contribution in [-0.4, -0.2) is 18.2 Å². The molecule has 0 heterocycles. The van der Waals surface area contributed by atoms with Crippen LogP contribution in [-0.2, 0) is 10.8 Å². The first-order valence-electron chi connectivity index (χ1n) is 8.73. The summed E-state index contributed by atoms with van der Waals surface area (Å²) in [7, 11) is 1.69. The molecule has 0 spiro atoms. The number of fused-ring (bicyclic) bond motifs is 1. The monoisotopic (exact) mass is 338 g/mol. The lowest BCUT2D eigenvalue weighted by molar-refractivity contribution is 0.0697. The molecule has 25 heavy (non-hydrogen) atoms. The van der Waals surface area contributed by atoms with Crippen molar-refractivity contribution in [3.05, 3.63) is 53.1 Å². The van der Waals surface area contributed by atoms with E-state index in [0.29, 0.717) is 5.56 Å². The second kappa shape index (κ2) is 5.91. The van der Waals surface area contributed by atoms with Crippen LogP contribution >= 0.6 is 0 Å². The van der Waals surface area contributed by atoms with Crippen molar-refractivity contribution >= 4 is 5.97 Å². The zero-order valence-electron chi connectivity index (χ0n) is 15.6. The minimum Gasteiger partial charge on any atom is -0.496 e. The third-order valence-corrected chi connectivity index (χ3v) is 5.59. The van der Waals surface area contributed by atoms with Gasteiger partial charge in [-0.3, -0.25) is 0 Å². The first-order chi connectivity index (χ1) is 11.7. The maximum atomic E-state index is 11.2. The minimum atomic E-state index is -0.907. The Morgan fingerprint density at radius 1 is 0.960 bits per heavy atom. The third kappa shape index (κ3) is 2.92. The summed E-state index contributed by atoms with van der Waals surface area (Å²) < 4.78 is 5.69. The van der Waals surface area contributed by atoms with Gasteiger partial charge < -0.3 is 9.84 Å². The van der Waals surface area contributed by atoms with Crippen molar-refractivity contribution < 1.29 is 14.6 Å². The molecule has 3 rings (SSSR count). The number of benzene rings is 2.